The Bertz CT molecular complexity index is 256. The average molecular weight is 266 g/mol. The molecule has 2 fully saturated rings. The highest BCUT2D eigenvalue weighted by atomic mass is 15.2. The van der Waals surface area contributed by atoms with Crippen molar-refractivity contribution in [1.82, 2.24) is 10.2 Å². The number of hydrogen-bond acceptors (Lipinski definition) is 2. The Labute approximate surface area is 120 Å². The van der Waals surface area contributed by atoms with Crippen LogP contribution in [0.15, 0.2) is 0 Å². The molecule has 2 atom stereocenters. The first-order chi connectivity index (χ1) is 9.11. The Hall–Kier alpha value is -0.0800. The summed E-state index contributed by atoms with van der Waals surface area (Å²) in [6.45, 7) is 11.1. The summed E-state index contributed by atoms with van der Waals surface area (Å²) in [6, 6.07) is 1.62. The molecule has 1 saturated carbocycles. The molecule has 0 spiro atoms. The fourth-order valence-corrected chi connectivity index (χ4v) is 3.91. The molecule has 0 bridgehead atoms. The van der Waals surface area contributed by atoms with Gasteiger partial charge in [0, 0.05) is 18.6 Å². The van der Waals surface area contributed by atoms with Gasteiger partial charge in [-0.25, -0.2) is 0 Å². The molecule has 1 N–H and O–H groups in total. The van der Waals surface area contributed by atoms with Crippen molar-refractivity contribution < 1.29 is 0 Å². The highest BCUT2D eigenvalue weighted by Crippen LogP contribution is 2.35. The second-order valence-electron chi connectivity index (χ2n) is 7.54. The van der Waals surface area contributed by atoms with Crippen LogP contribution in [0.4, 0.5) is 0 Å². The molecule has 19 heavy (non-hydrogen) atoms. The SMILES string of the molecule is CCCN(CC1CCCN1)C1CCCC(C)(C)CC1. The van der Waals surface area contributed by atoms with Gasteiger partial charge in [0.25, 0.3) is 0 Å². The third-order valence-corrected chi connectivity index (χ3v) is 5.19. The van der Waals surface area contributed by atoms with Crippen LogP contribution in [0, 0.1) is 5.41 Å². The lowest BCUT2D eigenvalue weighted by molar-refractivity contribution is 0.160. The van der Waals surface area contributed by atoms with Crippen LogP contribution < -0.4 is 5.32 Å². The Morgan fingerprint density at radius 3 is 2.63 bits per heavy atom. The van der Waals surface area contributed by atoms with Crippen LogP contribution in [-0.4, -0.2) is 36.6 Å². The van der Waals surface area contributed by atoms with Crippen molar-refractivity contribution in [2.75, 3.05) is 19.6 Å². The minimum absolute atomic E-state index is 0.582. The molecule has 0 aromatic carbocycles. The second-order valence-corrected chi connectivity index (χ2v) is 7.54. The minimum atomic E-state index is 0.582. The van der Waals surface area contributed by atoms with Gasteiger partial charge in [0.1, 0.15) is 0 Å². The van der Waals surface area contributed by atoms with Gasteiger partial charge in [0.05, 0.1) is 0 Å². The smallest absolute Gasteiger partial charge is 0.0195 e. The fraction of sp³-hybridized carbons (Fsp3) is 1.00. The first-order valence-electron chi connectivity index (χ1n) is 8.58. The number of hydrogen-bond donors (Lipinski definition) is 1. The maximum atomic E-state index is 3.67. The van der Waals surface area contributed by atoms with E-state index in [1.54, 1.807) is 0 Å². The topological polar surface area (TPSA) is 15.3 Å². The largest absolute Gasteiger partial charge is 0.313 e. The average Bonchev–Trinajstić information content (AvgIpc) is 2.79. The molecule has 0 aromatic heterocycles. The van der Waals surface area contributed by atoms with Crippen LogP contribution in [0.25, 0.3) is 0 Å². The van der Waals surface area contributed by atoms with Crippen molar-refractivity contribution in [3.05, 3.63) is 0 Å². The molecular weight excluding hydrogens is 232 g/mol. The first kappa shape index (κ1) is 15.3. The molecule has 2 rings (SSSR count). The van der Waals surface area contributed by atoms with E-state index in [0.29, 0.717) is 5.41 Å². The molecule has 0 aromatic rings. The van der Waals surface area contributed by atoms with E-state index in [1.807, 2.05) is 0 Å². The van der Waals surface area contributed by atoms with Gasteiger partial charge in [-0.2, -0.15) is 0 Å². The maximum Gasteiger partial charge on any atom is 0.0195 e. The molecule has 112 valence electrons. The predicted octanol–water partition coefficient (Wildman–Crippen LogP) is 3.81. The molecule has 2 heteroatoms. The highest BCUT2D eigenvalue weighted by Gasteiger charge is 2.28. The molecule has 2 unspecified atom stereocenters. The van der Waals surface area contributed by atoms with Crippen molar-refractivity contribution >= 4 is 0 Å². The van der Waals surface area contributed by atoms with Crippen molar-refractivity contribution in [2.24, 2.45) is 5.41 Å². The van der Waals surface area contributed by atoms with Gasteiger partial charge in [-0.15, -0.1) is 0 Å². The lowest BCUT2D eigenvalue weighted by atomic mass is 9.85. The molecule has 0 amide bonds. The van der Waals surface area contributed by atoms with E-state index < -0.39 is 0 Å². The number of rotatable bonds is 5. The lowest BCUT2D eigenvalue weighted by Crippen LogP contribution is -2.43. The van der Waals surface area contributed by atoms with Crippen molar-refractivity contribution in [3.63, 3.8) is 0 Å². The van der Waals surface area contributed by atoms with Gasteiger partial charge in [-0.05, 0) is 63.5 Å². The van der Waals surface area contributed by atoms with Gasteiger partial charge in [-0.3, -0.25) is 4.90 Å². The number of nitrogens with zero attached hydrogens (tertiary/aromatic N) is 1. The Balaban J connectivity index is 1.89. The zero-order chi connectivity index (χ0) is 13.7. The van der Waals surface area contributed by atoms with Crippen molar-refractivity contribution in [2.45, 2.75) is 84.2 Å². The lowest BCUT2D eigenvalue weighted by Gasteiger charge is -2.33. The predicted molar refractivity (Wildman–Crippen MR) is 83.5 cm³/mol. The normalized spacial score (nSPS) is 31.6. The molecule has 0 radical (unpaired) electrons. The van der Waals surface area contributed by atoms with E-state index in [-0.39, 0.29) is 0 Å². The van der Waals surface area contributed by atoms with E-state index in [9.17, 15) is 0 Å². The van der Waals surface area contributed by atoms with Gasteiger partial charge in [0.2, 0.25) is 0 Å². The monoisotopic (exact) mass is 266 g/mol. The summed E-state index contributed by atoms with van der Waals surface area (Å²) in [5.41, 5.74) is 0.582. The summed E-state index contributed by atoms with van der Waals surface area (Å²) in [4.78, 5) is 2.81. The Kier molecular flexibility index (Phi) is 5.70. The van der Waals surface area contributed by atoms with Crippen LogP contribution >= 0.6 is 0 Å². The summed E-state index contributed by atoms with van der Waals surface area (Å²) in [5, 5.41) is 3.67. The Morgan fingerprint density at radius 2 is 1.95 bits per heavy atom. The van der Waals surface area contributed by atoms with Crippen molar-refractivity contribution in [3.8, 4) is 0 Å². The quantitative estimate of drug-likeness (QED) is 0.761. The van der Waals surface area contributed by atoms with Crippen LogP contribution in [-0.2, 0) is 0 Å². The summed E-state index contributed by atoms with van der Waals surface area (Å²) >= 11 is 0. The molecule has 1 aliphatic carbocycles. The fourth-order valence-electron chi connectivity index (χ4n) is 3.91. The molecule has 1 aliphatic heterocycles. The van der Waals surface area contributed by atoms with Gasteiger partial charge in [-0.1, -0.05) is 27.2 Å². The third kappa shape index (κ3) is 4.75. The van der Waals surface area contributed by atoms with E-state index in [1.165, 1.54) is 71.0 Å². The van der Waals surface area contributed by atoms with Gasteiger partial charge in [0.15, 0.2) is 0 Å². The van der Waals surface area contributed by atoms with Crippen LogP contribution in [0.1, 0.15) is 72.1 Å². The van der Waals surface area contributed by atoms with E-state index in [4.69, 9.17) is 0 Å². The molecular formula is C17H34N2. The first-order valence-corrected chi connectivity index (χ1v) is 8.58. The summed E-state index contributed by atoms with van der Waals surface area (Å²) in [6.07, 6.45) is 11.2. The summed E-state index contributed by atoms with van der Waals surface area (Å²) < 4.78 is 0. The minimum Gasteiger partial charge on any atom is -0.313 e. The van der Waals surface area contributed by atoms with Crippen LogP contribution in [0.2, 0.25) is 0 Å². The zero-order valence-electron chi connectivity index (χ0n) is 13.4. The van der Waals surface area contributed by atoms with Crippen LogP contribution in [0.5, 0.6) is 0 Å². The zero-order valence-corrected chi connectivity index (χ0v) is 13.4. The van der Waals surface area contributed by atoms with Crippen LogP contribution in [0.3, 0.4) is 0 Å². The number of nitrogens with one attached hydrogen (secondary N) is 1. The summed E-state index contributed by atoms with van der Waals surface area (Å²) in [5.74, 6) is 0. The standard InChI is InChI=1S/C17H34N2/c1-4-13-19(14-15-7-6-12-18-15)16-8-5-10-17(2,3)11-9-16/h15-16,18H,4-14H2,1-3H3. The molecule has 1 saturated heterocycles. The third-order valence-electron chi connectivity index (χ3n) is 5.19. The second kappa shape index (κ2) is 7.08. The molecule has 1 heterocycles. The van der Waals surface area contributed by atoms with Crippen molar-refractivity contribution in [1.29, 1.82) is 0 Å². The van der Waals surface area contributed by atoms with E-state index in [2.05, 4.69) is 31.0 Å². The Morgan fingerprint density at radius 1 is 1.11 bits per heavy atom. The van der Waals surface area contributed by atoms with Gasteiger partial charge >= 0.3 is 0 Å². The van der Waals surface area contributed by atoms with E-state index in [0.717, 1.165) is 12.1 Å². The highest BCUT2D eigenvalue weighted by molar-refractivity contribution is 4.85. The van der Waals surface area contributed by atoms with E-state index >= 15 is 0 Å². The maximum absolute atomic E-state index is 3.67. The summed E-state index contributed by atoms with van der Waals surface area (Å²) in [7, 11) is 0. The molecule has 2 aliphatic rings. The van der Waals surface area contributed by atoms with Gasteiger partial charge < -0.3 is 5.32 Å². The molecule has 2 nitrogen and oxygen atoms in total.